The summed E-state index contributed by atoms with van der Waals surface area (Å²) in [5.41, 5.74) is 0.677. The molecule has 29 heavy (non-hydrogen) atoms. The predicted octanol–water partition coefficient (Wildman–Crippen LogP) is 2.01. The lowest BCUT2D eigenvalue weighted by Crippen LogP contribution is -2.26. The summed E-state index contributed by atoms with van der Waals surface area (Å²) in [7, 11) is 0. The van der Waals surface area contributed by atoms with E-state index in [9.17, 15) is 14.4 Å². The number of hydrogen-bond acceptors (Lipinski definition) is 5. The predicted molar refractivity (Wildman–Crippen MR) is 107 cm³/mol. The largest absolute Gasteiger partial charge is 0.320 e. The molecule has 0 unspecified atom stereocenters. The number of H-pyrrole nitrogens is 1. The number of carbonyl (C=O) groups is 1. The van der Waals surface area contributed by atoms with Crippen LogP contribution in [0.3, 0.4) is 0 Å². The van der Waals surface area contributed by atoms with Crippen LogP contribution in [0.2, 0.25) is 5.02 Å². The van der Waals surface area contributed by atoms with Crippen molar-refractivity contribution in [3.63, 3.8) is 0 Å². The number of para-hydroxylation sites is 1. The Kier molecular flexibility index (Phi) is 4.80. The highest BCUT2D eigenvalue weighted by Crippen LogP contribution is 2.28. The molecule has 144 valence electrons. The van der Waals surface area contributed by atoms with Gasteiger partial charge in [0.05, 0.1) is 16.4 Å². The van der Waals surface area contributed by atoms with Gasteiger partial charge in [0.2, 0.25) is 0 Å². The van der Waals surface area contributed by atoms with Crippen molar-refractivity contribution < 1.29 is 4.79 Å². The van der Waals surface area contributed by atoms with Crippen LogP contribution in [0, 0.1) is 0 Å². The van der Waals surface area contributed by atoms with Crippen molar-refractivity contribution in [1.82, 2.24) is 24.5 Å². The zero-order valence-electron chi connectivity index (χ0n) is 14.7. The molecule has 1 amide bonds. The zero-order valence-corrected chi connectivity index (χ0v) is 15.5. The van der Waals surface area contributed by atoms with Crippen molar-refractivity contribution in [2.24, 2.45) is 0 Å². The summed E-state index contributed by atoms with van der Waals surface area (Å²) < 4.78 is 2.52. The third-order valence-corrected chi connectivity index (χ3v) is 4.37. The number of rotatable bonds is 4. The fraction of sp³-hybridized carbons (Fsp3) is 0. The van der Waals surface area contributed by atoms with Crippen LogP contribution in [0.15, 0.2) is 76.8 Å². The van der Waals surface area contributed by atoms with Gasteiger partial charge in [0.25, 0.3) is 17.0 Å². The molecule has 4 aromatic rings. The second kappa shape index (κ2) is 7.56. The van der Waals surface area contributed by atoms with Crippen LogP contribution in [0.4, 0.5) is 5.69 Å². The van der Waals surface area contributed by atoms with E-state index < -0.39 is 17.0 Å². The number of carbonyl (C=O) groups excluding carboxylic acids is 1. The van der Waals surface area contributed by atoms with Gasteiger partial charge in [-0.05, 0) is 30.3 Å². The van der Waals surface area contributed by atoms with Crippen molar-refractivity contribution in [2.75, 3.05) is 5.32 Å². The van der Waals surface area contributed by atoms with Crippen LogP contribution < -0.4 is 16.4 Å². The molecule has 0 aliphatic rings. The van der Waals surface area contributed by atoms with Crippen molar-refractivity contribution in [1.29, 1.82) is 0 Å². The van der Waals surface area contributed by atoms with Gasteiger partial charge in [0.1, 0.15) is 18.3 Å². The van der Waals surface area contributed by atoms with Gasteiger partial charge in [-0.15, -0.1) is 0 Å². The smallest absolute Gasteiger partial charge is 0.269 e. The first-order valence-corrected chi connectivity index (χ1v) is 8.78. The summed E-state index contributed by atoms with van der Waals surface area (Å²) >= 11 is 6.28. The van der Waals surface area contributed by atoms with Crippen LogP contribution in [0.5, 0.6) is 0 Å². The van der Waals surface area contributed by atoms with Crippen LogP contribution in [-0.2, 0) is 0 Å². The highest BCUT2D eigenvalue weighted by molar-refractivity contribution is 6.33. The van der Waals surface area contributed by atoms with Gasteiger partial charge < -0.3 is 5.32 Å². The maximum Gasteiger partial charge on any atom is 0.269 e. The number of amides is 1. The minimum absolute atomic E-state index is 0.281. The van der Waals surface area contributed by atoms with E-state index in [2.05, 4.69) is 20.5 Å². The molecule has 4 rings (SSSR count). The molecule has 2 aromatic carbocycles. The molecule has 0 atom stereocenters. The molecule has 0 bridgehead atoms. The summed E-state index contributed by atoms with van der Waals surface area (Å²) in [5.74, 6) is -0.429. The molecule has 9 nitrogen and oxygen atoms in total. The molecule has 0 aliphatic heterocycles. The first-order chi connectivity index (χ1) is 14.0. The fourth-order valence-electron chi connectivity index (χ4n) is 2.77. The summed E-state index contributed by atoms with van der Waals surface area (Å²) in [6.45, 7) is 0. The van der Waals surface area contributed by atoms with Crippen LogP contribution in [0.1, 0.15) is 10.4 Å². The summed E-state index contributed by atoms with van der Waals surface area (Å²) in [6, 6.07) is 13.6. The molecular weight excluding hydrogens is 396 g/mol. The third-order valence-electron chi connectivity index (χ3n) is 4.07. The molecule has 0 fully saturated rings. The molecule has 2 heterocycles. The number of benzene rings is 2. The quantitative estimate of drug-likeness (QED) is 0.536. The Labute approximate surface area is 168 Å². The van der Waals surface area contributed by atoms with Gasteiger partial charge in [-0.25, -0.2) is 14.3 Å². The number of anilines is 1. The number of aromatic amines is 1. The van der Waals surface area contributed by atoms with Crippen molar-refractivity contribution in [3.05, 3.63) is 98.5 Å². The lowest BCUT2D eigenvalue weighted by Gasteiger charge is -2.13. The van der Waals surface area contributed by atoms with Gasteiger partial charge in [0.15, 0.2) is 0 Å². The number of nitrogens with zero attached hydrogens (tertiary/aromatic N) is 4. The number of nitrogens with one attached hydrogen (secondary N) is 2. The third kappa shape index (κ3) is 3.71. The molecule has 2 aromatic heterocycles. The van der Waals surface area contributed by atoms with Crippen molar-refractivity contribution in [3.8, 4) is 11.4 Å². The Bertz CT molecular complexity index is 1310. The Morgan fingerprint density at radius 3 is 2.69 bits per heavy atom. The lowest BCUT2D eigenvalue weighted by molar-refractivity contribution is 0.102. The van der Waals surface area contributed by atoms with Gasteiger partial charge in [-0.2, -0.15) is 5.10 Å². The normalized spacial score (nSPS) is 10.7. The molecule has 0 spiro atoms. The lowest BCUT2D eigenvalue weighted by atomic mass is 10.1. The first-order valence-electron chi connectivity index (χ1n) is 8.40. The van der Waals surface area contributed by atoms with E-state index in [0.29, 0.717) is 22.1 Å². The van der Waals surface area contributed by atoms with E-state index in [1.54, 1.807) is 36.4 Å². The fourth-order valence-corrected chi connectivity index (χ4v) is 3.03. The SMILES string of the molecule is O=C(Nc1cccc(Cl)c1-n1cncn1)c1cccc(-n2[nH]c(=O)ccc2=O)c1. The minimum atomic E-state index is -0.434. The van der Waals surface area contributed by atoms with Gasteiger partial charge in [-0.1, -0.05) is 23.7 Å². The average Bonchev–Trinajstić information content (AvgIpc) is 3.24. The summed E-state index contributed by atoms with van der Waals surface area (Å²) in [5, 5.41) is 9.66. The van der Waals surface area contributed by atoms with Crippen LogP contribution in [0.25, 0.3) is 11.4 Å². The zero-order chi connectivity index (χ0) is 20.4. The minimum Gasteiger partial charge on any atom is -0.320 e. The van der Waals surface area contributed by atoms with Gasteiger partial charge in [-0.3, -0.25) is 19.5 Å². The molecule has 2 N–H and O–H groups in total. The summed E-state index contributed by atoms with van der Waals surface area (Å²) in [4.78, 5) is 40.3. The Balaban J connectivity index is 1.69. The van der Waals surface area contributed by atoms with E-state index >= 15 is 0 Å². The van der Waals surface area contributed by atoms with Crippen molar-refractivity contribution in [2.45, 2.75) is 0 Å². The second-order valence-corrected chi connectivity index (χ2v) is 6.37. The van der Waals surface area contributed by atoms with E-state index in [4.69, 9.17) is 11.6 Å². The second-order valence-electron chi connectivity index (χ2n) is 5.96. The summed E-state index contributed by atoms with van der Waals surface area (Å²) in [6.07, 6.45) is 2.83. The highest BCUT2D eigenvalue weighted by atomic mass is 35.5. The van der Waals surface area contributed by atoms with E-state index in [1.807, 2.05) is 0 Å². The van der Waals surface area contributed by atoms with Gasteiger partial charge >= 0.3 is 0 Å². The Morgan fingerprint density at radius 2 is 1.90 bits per heavy atom. The number of hydrogen-bond donors (Lipinski definition) is 2. The highest BCUT2D eigenvalue weighted by Gasteiger charge is 2.14. The Morgan fingerprint density at radius 1 is 1.07 bits per heavy atom. The van der Waals surface area contributed by atoms with E-state index in [-0.39, 0.29) is 5.56 Å². The molecular formula is C19H13ClN6O3. The maximum absolute atomic E-state index is 12.8. The van der Waals surface area contributed by atoms with Crippen LogP contribution in [-0.4, -0.2) is 30.5 Å². The standard InChI is InChI=1S/C19H13ClN6O3/c20-14-5-2-6-15(18(14)25-11-21-10-22-25)23-19(29)12-3-1-4-13(9-12)26-17(28)8-7-16(27)24-26/h1-11H,(H,23,29)(H,24,27). The van der Waals surface area contributed by atoms with E-state index in [1.165, 1.54) is 23.4 Å². The molecule has 0 saturated heterocycles. The number of aromatic nitrogens is 5. The van der Waals surface area contributed by atoms with Crippen molar-refractivity contribution >= 4 is 23.2 Å². The molecule has 0 radical (unpaired) electrons. The monoisotopic (exact) mass is 408 g/mol. The topological polar surface area (TPSA) is 115 Å². The molecule has 10 heteroatoms. The van der Waals surface area contributed by atoms with E-state index in [0.717, 1.165) is 16.8 Å². The van der Waals surface area contributed by atoms with Gasteiger partial charge in [0, 0.05) is 17.7 Å². The number of halogens is 1. The molecule has 0 saturated carbocycles. The first kappa shape index (κ1) is 18.4. The average molecular weight is 409 g/mol. The molecule has 0 aliphatic carbocycles. The van der Waals surface area contributed by atoms with Crippen LogP contribution >= 0.6 is 11.6 Å². The maximum atomic E-state index is 12.8. The Hall–Kier alpha value is -3.98.